The molecule has 4 heteroatoms. The van der Waals surface area contributed by atoms with E-state index in [-0.39, 0.29) is 17.5 Å². The van der Waals surface area contributed by atoms with Crippen molar-refractivity contribution < 1.29 is 9.13 Å². The fraction of sp³-hybridized carbons (Fsp3) is 0.600. The molecule has 2 aliphatic rings. The van der Waals surface area contributed by atoms with Gasteiger partial charge in [0.05, 0.1) is 17.4 Å². The lowest BCUT2D eigenvalue weighted by molar-refractivity contribution is -0.0307. The topological polar surface area (TPSA) is 21.3 Å². The van der Waals surface area contributed by atoms with Gasteiger partial charge in [0, 0.05) is 11.6 Å². The van der Waals surface area contributed by atoms with Crippen LogP contribution < -0.4 is 5.32 Å². The summed E-state index contributed by atoms with van der Waals surface area (Å²) in [4.78, 5) is 0. The highest BCUT2D eigenvalue weighted by Crippen LogP contribution is 2.43. The Kier molecular flexibility index (Phi) is 3.68. The molecule has 0 amide bonds. The van der Waals surface area contributed by atoms with Crippen LogP contribution in [0.2, 0.25) is 5.02 Å². The standard InChI is InChI=1S/C15H19ClFNO/c16-11-3-4-13(17)14(9-11)18-10-12-5-8-15(19-12)6-1-2-7-15/h3-4,9,12,18H,1-2,5-8,10H2. The Hall–Kier alpha value is -0.800. The van der Waals surface area contributed by atoms with Gasteiger partial charge in [0.2, 0.25) is 0 Å². The molecule has 1 unspecified atom stereocenters. The SMILES string of the molecule is Fc1ccc(Cl)cc1NCC1CCC2(CCCC2)O1. The molecular weight excluding hydrogens is 265 g/mol. The van der Waals surface area contributed by atoms with E-state index < -0.39 is 0 Å². The first-order valence-corrected chi connectivity index (χ1v) is 7.41. The lowest BCUT2D eigenvalue weighted by atomic mass is 9.98. The third-order valence-electron chi connectivity index (χ3n) is 4.30. The summed E-state index contributed by atoms with van der Waals surface area (Å²) < 4.78 is 19.8. The predicted octanol–water partition coefficient (Wildman–Crippen LogP) is 4.38. The third-order valence-corrected chi connectivity index (χ3v) is 4.54. The average Bonchev–Trinajstić information content (AvgIpc) is 3.02. The van der Waals surface area contributed by atoms with Crippen molar-refractivity contribution in [3.05, 3.63) is 29.0 Å². The Morgan fingerprint density at radius 1 is 1.32 bits per heavy atom. The average molecular weight is 284 g/mol. The van der Waals surface area contributed by atoms with E-state index in [0.29, 0.717) is 17.3 Å². The molecule has 1 aromatic rings. The quantitative estimate of drug-likeness (QED) is 0.889. The smallest absolute Gasteiger partial charge is 0.146 e. The van der Waals surface area contributed by atoms with Gasteiger partial charge in [-0.15, -0.1) is 0 Å². The molecule has 0 bridgehead atoms. The fourth-order valence-corrected chi connectivity index (χ4v) is 3.46. The van der Waals surface area contributed by atoms with Crippen LogP contribution in [0.5, 0.6) is 0 Å². The minimum Gasteiger partial charge on any atom is -0.380 e. The molecule has 104 valence electrons. The van der Waals surface area contributed by atoms with Crippen molar-refractivity contribution in [1.82, 2.24) is 0 Å². The molecule has 1 saturated carbocycles. The van der Waals surface area contributed by atoms with Gasteiger partial charge in [-0.05, 0) is 43.9 Å². The van der Waals surface area contributed by atoms with Gasteiger partial charge in [-0.2, -0.15) is 0 Å². The molecule has 1 aliphatic carbocycles. The van der Waals surface area contributed by atoms with Gasteiger partial charge in [-0.25, -0.2) is 4.39 Å². The van der Waals surface area contributed by atoms with Gasteiger partial charge in [0.1, 0.15) is 5.82 Å². The minimum atomic E-state index is -0.266. The lowest BCUT2D eigenvalue weighted by Gasteiger charge is -2.24. The predicted molar refractivity (Wildman–Crippen MR) is 75.2 cm³/mol. The van der Waals surface area contributed by atoms with E-state index in [1.54, 1.807) is 12.1 Å². The molecule has 1 aromatic carbocycles. The van der Waals surface area contributed by atoms with Gasteiger partial charge in [0.15, 0.2) is 0 Å². The number of halogens is 2. The second-order valence-electron chi connectivity index (χ2n) is 5.67. The molecule has 1 aliphatic heterocycles. The minimum absolute atomic E-state index is 0.138. The van der Waals surface area contributed by atoms with Crippen molar-refractivity contribution in [2.75, 3.05) is 11.9 Å². The van der Waals surface area contributed by atoms with Crippen LogP contribution in [0.25, 0.3) is 0 Å². The lowest BCUT2D eigenvalue weighted by Crippen LogP contribution is -2.28. The van der Waals surface area contributed by atoms with Crippen LogP contribution in [0.4, 0.5) is 10.1 Å². The summed E-state index contributed by atoms with van der Waals surface area (Å²) in [5.41, 5.74) is 0.600. The van der Waals surface area contributed by atoms with E-state index in [9.17, 15) is 4.39 Å². The van der Waals surface area contributed by atoms with Crippen LogP contribution in [0.3, 0.4) is 0 Å². The van der Waals surface area contributed by atoms with Crippen LogP contribution in [-0.4, -0.2) is 18.2 Å². The molecule has 0 aromatic heterocycles. The first-order chi connectivity index (χ1) is 9.17. The number of anilines is 1. The maximum absolute atomic E-state index is 13.6. The van der Waals surface area contributed by atoms with Crippen molar-refractivity contribution >= 4 is 17.3 Å². The van der Waals surface area contributed by atoms with E-state index in [0.717, 1.165) is 12.8 Å². The summed E-state index contributed by atoms with van der Waals surface area (Å²) in [6.07, 6.45) is 7.35. The fourth-order valence-electron chi connectivity index (χ4n) is 3.28. The van der Waals surface area contributed by atoms with E-state index in [1.807, 2.05) is 0 Å². The normalized spacial score (nSPS) is 25.1. The van der Waals surface area contributed by atoms with E-state index in [1.165, 1.54) is 31.7 Å². The van der Waals surface area contributed by atoms with E-state index in [4.69, 9.17) is 16.3 Å². The van der Waals surface area contributed by atoms with E-state index >= 15 is 0 Å². The number of nitrogens with one attached hydrogen (secondary N) is 1. The molecule has 1 spiro atoms. The van der Waals surface area contributed by atoms with Gasteiger partial charge in [0.25, 0.3) is 0 Å². The Balaban J connectivity index is 1.57. The second-order valence-corrected chi connectivity index (χ2v) is 6.11. The number of hydrogen-bond acceptors (Lipinski definition) is 2. The van der Waals surface area contributed by atoms with Gasteiger partial charge in [-0.3, -0.25) is 0 Å². The molecular formula is C15H19ClFNO. The Bertz CT molecular complexity index is 459. The summed E-state index contributed by atoms with van der Waals surface area (Å²) >= 11 is 5.87. The highest BCUT2D eigenvalue weighted by Gasteiger charge is 2.41. The van der Waals surface area contributed by atoms with Crippen LogP contribution in [-0.2, 0) is 4.74 Å². The highest BCUT2D eigenvalue weighted by atomic mass is 35.5. The van der Waals surface area contributed by atoms with Crippen molar-refractivity contribution in [3.8, 4) is 0 Å². The van der Waals surface area contributed by atoms with Crippen molar-refractivity contribution in [1.29, 1.82) is 0 Å². The molecule has 1 heterocycles. The Morgan fingerprint density at radius 2 is 2.11 bits per heavy atom. The zero-order valence-corrected chi connectivity index (χ0v) is 11.7. The number of rotatable bonds is 3. The zero-order valence-electron chi connectivity index (χ0n) is 10.9. The van der Waals surface area contributed by atoms with E-state index in [2.05, 4.69) is 5.32 Å². The van der Waals surface area contributed by atoms with Gasteiger partial charge in [-0.1, -0.05) is 24.4 Å². The molecule has 3 rings (SSSR count). The van der Waals surface area contributed by atoms with Gasteiger partial charge >= 0.3 is 0 Å². The summed E-state index contributed by atoms with van der Waals surface area (Å²) in [6.45, 7) is 0.652. The number of hydrogen-bond donors (Lipinski definition) is 1. The van der Waals surface area contributed by atoms with Crippen molar-refractivity contribution in [2.45, 2.75) is 50.2 Å². The maximum Gasteiger partial charge on any atom is 0.146 e. The first-order valence-electron chi connectivity index (χ1n) is 7.04. The molecule has 2 fully saturated rings. The van der Waals surface area contributed by atoms with Crippen molar-refractivity contribution in [2.24, 2.45) is 0 Å². The molecule has 0 radical (unpaired) electrons. The molecule has 2 nitrogen and oxygen atoms in total. The maximum atomic E-state index is 13.6. The molecule has 1 N–H and O–H groups in total. The summed E-state index contributed by atoms with van der Waals surface area (Å²) in [5, 5.41) is 3.66. The summed E-state index contributed by atoms with van der Waals surface area (Å²) in [5.74, 6) is -0.266. The molecule has 19 heavy (non-hydrogen) atoms. The summed E-state index contributed by atoms with van der Waals surface area (Å²) in [6, 6.07) is 4.57. The Morgan fingerprint density at radius 3 is 2.89 bits per heavy atom. The zero-order chi connectivity index (χ0) is 13.3. The van der Waals surface area contributed by atoms with Gasteiger partial charge < -0.3 is 10.1 Å². The van der Waals surface area contributed by atoms with Crippen LogP contribution in [0.1, 0.15) is 38.5 Å². The van der Waals surface area contributed by atoms with Crippen LogP contribution >= 0.6 is 11.6 Å². The monoisotopic (exact) mass is 283 g/mol. The highest BCUT2D eigenvalue weighted by molar-refractivity contribution is 6.30. The Labute approximate surface area is 118 Å². The first kappa shape index (κ1) is 13.2. The van der Waals surface area contributed by atoms with Crippen LogP contribution in [0, 0.1) is 5.82 Å². The number of benzene rings is 1. The van der Waals surface area contributed by atoms with Crippen molar-refractivity contribution in [3.63, 3.8) is 0 Å². The molecule has 1 saturated heterocycles. The summed E-state index contributed by atoms with van der Waals surface area (Å²) in [7, 11) is 0. The molecule has 1 atom stereocenters. The largest absolute Gasteiger partial charge is 0.380 e. The second kappa shape index (κ2) is 5.29. The number of ether oxygens (including phenoxy) is 1. The third kappa shape index (κ3) is 2.87. The van der Waals surface area contributed by atoms with Crippen LogP contribution in [0.15, 0.2) is 18.2 Å².